The van der Waals surface area contributed by atoms with Gasteiger partial charge in [0.05, 0.1) is 0 Å². The lowest BCUT2D eigenvalue weighted by Gasteiger charge is -2.57. The summed E-state index contributed by atoms with van der Waals surface area (Å²) in [6, 6.07) is 0.513. The van der Waals surface area contributed by atoms with Crippen LogP contribution in [0, 0.1) is 22.2 Å². The number of allylic oxidation sites excluding steroid dienone is 1. The third-order valence-electron chi connectivity index (χ3n) is 6.89. The lowest BCUT2D eigenvalue weighted by atomic mass is 9.49. The molecule has 0 aromatic carbocycles. The van der Waals surface area contributed by atoms with E-state index in [9.17, 15) is 0 Å². The molecule has 0 heterocycles. The minimum Gasteiger partial charge on any atom is -0.313 e. The highest BCUT2D eigenvalue weighted by molar-refractivity contribution is 5.14. The fourth-order valence-corrected chi connectivity index (χ4v) is 5.12. The zero-order chi connectivity index (χ0) is 18.6. The zero-order valence-electron chi connectivity index (χ0n) is 17.6. The average Bonchev–Trinajstić information content (AvgIpc) is 2.45. The van der Waals surface area contributed by atoms with Crippen LogP contribution in [-0.2, 0) is 0 Å². The monoisotopic (exact) mass is 333 g/mol. The van der Waals surface area contributed by atoms with Gasteiger partial charge < -0.3 is 5.32 Å². The molecule has 24 heavy (non-hydrogen) atoms. The SMILES string of the molecule is C=CCC(C)NCC1(CCC)CC(C)(C(=C)C)CC(C)(C(C)C)C1. The van der Waals surface area contributed by atoms with Gasteiger partial charge in [-0.2, -0.15) is 0 Å². The van der Waals surface area contributed by atoms with Crippen LogP contribution in [0.5, 0.6) is 0 Å². The zero-order valence-corrected chi connectivity index (χ0v) is 17.6. The van der Waals surface area contributed by atoms with Crippen LogP contribution in [0.4, 0.5) is 0 Å². The van der Waals surface area contributed by atoms with E-state index in [1.807, 2.05) is 6.08 Å². The summed E-state index contributed by atoms with van der Waals surface area (Å²) in [5, 5.41) is 3.83. The molecule has 4 atom stereocenters. The van der Waals surface area contributed by atoms with Crippen LogP contribution in [0.1, 0.15) is 87.0 Å². The van der Waals surface area contributed by atoms with E-state index in [0.717, 1.165) is 13.0 Å². The Kier molecular flexibility index (Phi) is 7.35. The highest BCUT2D eigenvalue weighted by Gasteiger charge is 2.51. The fraction of sp³-hybridized carbons (Fsp3) is 0.826. The van der Waals surface area contributed by atoms with Crippen LogP contribution in [0.3, 0.4) is 0 Å². The second-order valence-corrected chi connectivity index (χ2v) is 9.74. The van der Waals surface area contributed by atoms with Crippen LogP contribution in [0.15, 0.2) is 24.8 Å². The van der Waals surface area contributed by atoms with Gasteiger partial charge in [0.15, 0.2) is 0 Å². The maximum absolute atomic E-state index is 4.39. The quantitative estimate of drug-likeness (QED) is 0.460. The van der Waals surface area contributed by atoms with Gasteiger partial charge in [0.25, 0.3) is 0 Å². The molecule has 0 spiro atoms. The second-order valence-electron chi connectivity index (χ2n) is 9.74. The summed E-state index contributed by atoms with van der Waals surface area (Å²) >= 11 is 0. The first kappa shape index (κ1) is 21.5. The first-order valence-corrected chi connectivity index (χ1v) is 10.0. The Labute approximate surface area is 152 Å². The molecule has 0 amide bonds. The Balaban J connectivity index is 3.14. The van der Waals surface area contributed by atoms with E-state index < -0.39 is 0 Å². The van der Waals surface area contributed by atoms with Crippen molar-refractivity contribution in [3.05, 3.63) is 24.8 Å². The molecule has 4 unspecified atom stereocenters. The minimum atomic E-state index is 0.260. The molecule has 0 saturated heterocycles. The maximum Gasteiger partial charge on any atom is 0.00733 e. The summed E-state index contributed by atoms with van der Waals surface area (Å²) < 4.78 is 0. The molecule has 1 saturated carbocycles. The van der Waals surface area contributed by atoms with Crippen molar-refractivity contribution in [1.29, 1.82) is 0 Å². The lowest BCUT2D eigenvalue weighted by Crippen LogP contribution is -2.51. The standard InChI is InChI=1S/C23H43N/c1-10-12-20(7)24-17-23(13-11-2)15-21(8,18(3)4)14-22(9,16-23)19(5)6/h10,19-20,24H,1,3,11-17H2,2,4-9H3. The van der Waals surface area contributed by atoms with Crippen LogP contribution in [0.25, 0.3) is 0 Å². The smallest absolute Gasteiger partial charge is 0.00733 e. The summed E-state index contributed by atoms with van der Waals surface area (Å²) in [7, 11) is 0. The lowest BCUT2D eigenvalue weighted by molar-refractivity contribution is -0.0346. The van der Waals surface area contributed by atoms with Gasteiger partial charge in [0, 0.05) is 12.6 Å². The van der Waals surface area contributed by atoms with E-state index in [1.165, 1.54) is 37.7 Å². The van der Waals surface area contributed by atoms with Gasteiger partial charge in [-0.3, -0.25) is 0 Å². The third kappa shape index (κ3) is 4.97. The van der Waals surface area contributed by atoms with Gasteiger partial charge in [0.2, 0.25) is 0 Å². The normalized spacial score (nSPS) is 35.0. The molecule has 0 aromatic rings. The number of hydrogen-bond donors (Lipinski definition) is 1. The maximum atomic E-state index is 4.39. The Morgan fingerprint density at radius 2 is 1.79 bits per heavy atom. The molecule has 1 nitrogen and oxygen atoms in total. The molecular formula is C23H43N. The molecule has 1 aliphatic rings. The molecule has 0 radical (unpaired) electrons. The van der Waals surface area contributed by atoms with Crippen molar-refractivity contribution >= 4 is 0 Å². The summed E-state index contributed by atoms with van der Waals surface area (Å²) in [5.41, 5.74) is 2.41. The summed E-state index contributed by atoms with van der Waals surface area (Å²) in [4.78, 5) is 0. The van der Waals surface area contributed by atoms with Gasteiger partial charge in [0.1, 0.15) is 0 Å². The number of rotatable bonds is 9. The van der Waals surface area contributed by atoms with Crippen molar-refractivity contribution in [2.45, 2.75) is 93.0 Å². The van der Waals surface area contributed by atoms with Crippen LogP contribution in [-0.4, -0.2) is 12.6 Å². The Bertz CT molecular complexity index is 437. The van der Waals surface area contributed by atoms with E-state index >= 15 is 0 Å². The molecule has 1 aliphatic carbocycles. The van der Waals surface area contributed by atoms with Crippen molar-refractivity contribution in [3.8, 4) is 0 Å². The minimum absolute atomic E-state index is 0.260. The molecule has 140 valence electrons. The predicted octanol–water partition coefficient (Wildman–Crippen LogP) is 6.76. The van der Waals surface area contributed by atoms with Crippen molar-refractivity contribution in [3.63, 3.8) is 0 Å². The van der Waals surface area contributed by atoms with Crippen molar-refractivity contribution in [2.24, 2.45) is 22.2 Å². The van der Waals surface area contributed by atoms with Gasteiger partial charge in [-0.15, -0.1) is 6.58 Å². The van der Waals surface area contributed by atoms with E-state index in [1.54, 1.807) is 0 Å². The number of hydrogen-bond acceptors (Lipinski definition) is 1. The largest absolute Gasteiger partial charge is 0.313 e. The van der Waals surface area contributed by atoms with Crippen LogP contribution < -0.4 is 5.32 Å². The van der Waals surface area contributed by atoms with E-state index in [0.29, 0.717) is 22.8 Å². The van der Waals surface area contributed by atoms with Gasteiger partial charge in [-0.25, -0.2) is 0 Å². The van der Waals surface area contributed by atoms with Crippen molar-refractivity contribution in [2.75, 3.05) is 6.54 Å². The van der Waals surface area contributed by atoms with E-state index in [4.69, 9.17) is 0 Å². The molecule has 1 N–H and O–H groups in total. The molecule has 0 aromatic heterocycles. The summed E-state index contributed by atoms with van der Waals surface area (Å²) in [6.07, 6.45) is 9.54. The molecule has 1 rings (SSSR count). The van der Waals surface area contributed by atoms with E-state index in [-0.39, 0.29) is 5.41 Å². The van der Waals surface area contributed by atoms with Gasteiger partial charge in [-0.1, -0.05) is 59.3 Å². The average molecular weight is 334 g/mol. The van der Waals surface area contributed by atoms with Crippen molar-refractivity contribution in [1.82, 2.24) is 5.32 Å². The first-order valence-electron chi connectivity index (χ1n) is 10.0. The summed E-state index contributed by atoms with van der Waals surface area (Å²) in [6.45, 7) is 26.1. The van der Waals surface area contributed by atoms with Crippen LogP contribution in [0.2, 0.25) is 0 Å². The fourth-order valence-electron chi connectivity index (χ4n) is 5.12. The first-order chi connectivity index (χ1) is 11.0. The highest BCUT2D eigenvalue weighted by Crippen LogP contribution is 2.60. The number of nitrogens with one attached hydrogen (secondary N) is 1. The Morgan fingerprint density at radius 3 is 2.25 bits per heavy atom. The molecule has 0 aliphatic heterocycles. The van der Waals surface area contributed by atoms with Gasteiger partial charge in [-0.05, 0) is 68.1 Å². The topological polar surface area (TPSA) is 12.0 Å². The predicted molar refractivity (Wildman–Crippen MR) is 109 cm³/mol. The molecule has 0 bridgehead atoms. The van der Waals surface area contributed by atoms with E-state index in [2.05, 4.69) is 66.9 Å². The van der Waals surface area contributed by atoms with Crippen molar-refractivity contribution < 1.29 is 0 Å². The highest BCUT2D eigenvalue weighted by atomic mass is 14.9. The molecule has 1 fully saturated rings. The van der Waals surface area contributed by atoms with Gasteiger partial charge >= 0.3 is 0 Å². The van der Waals surface area contributed by atoms with Crippen LogP contribution >= 0.6 is 0 Å². The third-order valence-corrected chi connectivity index (χ3v) is 6.89. The molecular weight excluding hydrogens is 290 g/mol. The Hall–Kier alpha value is -0.560. The second kappa shape index (κ2) is 8.21. The molecule has 1 heteroatoms. The summed E-state index contributed by atoms with van der Waals surface area (Å²) in [5.74, 6) is 0.707. The Morgan fingerprint density at radius 1 is 1.17 bits per heavy atom.